The molecule has 54 heavy (non-hydrogen) atoms. The monoisotopic (exact) mass is 700 g/mol. The third-order valence-electron chi connectivity index (χ3n) is 10.9. The molecule has 1 aromatic heterocycles. The fraction of sp³-hybridized carbons (Fsp3) is 0.170. The number of hydrogen-bond acceptors (Lipinski definition) is 1. The van der Waals surface area contributed by atoms with Gasteiger partial charge in [0, 0.05) is 10.8 Å². The molecule has 0 spiro atoms. The van der Waals surface area contributed by atoms with Crippen LogP contribution in [0.2, 0.25) is 0 Å². The van der Waals surface area contributed by atoms with Crippen molar-refractivity contribution in [1.29, 1.82) is 0 Å². The van der Waals surface area contributed by atoms with Gasteiger partial charge in [-0.1, -0.05) is 156 Å². The first-order valence-corrected chi connectivity index (χ1v) is 19.5. The van der Waals surface area contributed by atoms with Crippen LogP contribution in [0.15, 0.2) is 156 Å². The molecule has 0 aliphatic heterocycles. The van der Waals surface area contributed by atoms with E-state index in [0.717, 1.165) is 28.4 Å². The lowest BCUT2D eigenvalue weighted by molar-refractivity contribution is 0.591. The Labute approximate surface area is 319 Å². The van der Waals surface area contributed by atoms with E-state index in [2.05, 4.69) is 142 Å². The molecule has 1 nitrogen and oxygen atoms in total. The number of allylic oxidation sites excluding steroid dienone is 4. The van der Waals surface area contributed by atoms with Gasteiger partial charge in [-0.05, 0) is 138 Å². The summed E-state index contributed by atoms with van der Waals surface area (Å²) < 4.78 is 6.38. The second kappa shape index (κ2) is 14.1. The molecular formula is C53H48O. The maximum Gasteiger partial charge on any atom is 0.136 e. The van der Waals surface area contributed by atoms with Crippen LogP contribution >= 0.6 is 0 Å². The van der Waals surface area contributed by atoms with Gasteiger partial charge in [-0.2, -0.15) is 0 Å². The minimum Gasteiger partial charge on any atom is -0.456 e. The van der Waals surface area contributed by atoms with Gasteiger partial charge in [0.15, 0.2) is 0 Å². The predicted molar refractivity (Wildman–Crippen MR) is 236 cm³/mol. The second-order valence-corrected chi connectivity index (χ2v) is 15.2. The lowest BCUT2D eigenvalue weighted by Gasteiger charge is -2.23. The second-order valence-electron chi connectivity index (χ2n) is 15.2. The third kappa shape index (κ3) is 5.99. The zero-order valence-electron chi connectivity index (χ0n) is 32.5. The summed E-state index contributed by atoms with van der Waals surface area (Å²) in [5, 5.41) is 10.2. The van der Waals surface area contributed by atoms with Gasteiger partial charge in [-0.15, -0.1) is 0 Å². The highest BCUT2D eigenvalue weighted by atomic mass is 16.3. The van der Waals surface area contributed by atoms with E-state index in [0.29, 0.717) is 0 Å². The largest absolute Gasteiger partial charge is 0.456 e. The highest BCUT2D eigenvalue weighted by Crippen LogP contribution is 2.47. The van der Waals surface area contributed by atoms with Gasteiger partial charge in [0.25, 0.3) is 0 Å². The Hall–Kier alpha value is -5.92. The molecule has 9 aromatic rings. The average molecular weight is 701 g/mol. The van der Waals surface area contributed by atoms with Gasteiger partial charge in [0.1, 0.15) is 11.2 Å². The normalized spacial score (nSPS) is 12.5. The average Bonchev–Trinajstić information content (AvgIpc) is 3.77. The molecule has 0 saturated heterocycles. The maximum absolute atomic E-state index is 6.38. The Balaban J connectivity index is 0.000000474. The number of benzene rings is 8. The zero-order valence-corrected chi connectivity index (χ0v) is 32.5. The first kappa shape index (κ1) is 35.1. The Bertz CT molecular complexity index is 2840. The van der Waals surface area contributed by atoms with Crippen molar-refractivity contribution in [2.45, 2.75) is 60.3 Å². The van der Waals surface area contributed by atoms with Crippen LogP contribution in [0.4, 0.5) is 0 Å². The molecule has 1 aliphatic carbocycles. The Morgan fingerprint density at radius 1 is 0.481 bits per heavy atom. The molecule has 0 fully saturated rings. The van der Waals surface area contributed by atoms with Crippen molar-refractivity contribution in [2.24, 2.45) is 0 Å². The minimum atomic E-state index is 0.0729. The molecule has 0 N–H and O–H groups in total. The number of furan rings is 1. The van der Waals surface area contributed by atoms with Crippen molar-refractivity contribution >= 4 is 54.3 Å². The molecule has 1 heteroatoms. The van der Waals surface area contributed by atoms with E-state index in [-0.39, 0.29) is 5.41 Å². The molecular weight excluding hydrogens is 653 g/mol. The number of para-hydroxylation sites is 1. The van der Waals surface area contributed by atoms with Crippen LogP contribution in [-0.4, -0.2) is 0 Å². The summed E-state index contributed by atoms with van der Waals surface area (Å²) in [6.45, 7) is 14.9. The van der Waals surface area contributed by atoms with Gasteiger partial charge in [0.2, 0.25) is 0 Å². The van der Waals surface area contributed by atoms with Gasteiger partial charge in [-0.25, -0.2) is 0 Å². The van der Waals surface area contributed by atoms with Gasteiger partial charge < -0.3 is 4.42 Å². The van der Waals surface area contributed by atoms with E-state index < -0.39 is 0 Å². The Morgan fingerprint density at radius 2 is 1.06 bits per heavy atom. The van der Waals surface area contributed by atoms with E-state index in [4.69, 9.17) is 4.42 Å². The van der Waals surface area contributed by atoms with E-state index in [1.165, 1.54) is 82.4 Å². The van der Waals surface area contributed by atoms with E-state index in [9.17, 15) is 0 Å². The van der Waals surface area contributed by atoms with Crippen LogP contribution in [0.25, 0.3) is 87.6 Å². The summed E-state index contributed by atoms with van der Waals surface area (Å²) in [4.78, 5) is 0. The van der Waals surface area contributed by atoms with Crippen molar-refractivity contribution < 1.29 is 4.42 Å². The van der Waals surface area contributed by atoms with Crippen molar-refractivity contribution in [2.75, 3.05) is 0 Å². The lowest BCUT2D eigenvalue weighted by atomic mass is 9.81. The summed E-state index contributed by atoms with van der Waals surface area (Å²) >= 11 is 0. The summed E-state index contributed by atoms with van der Waals surface area (Å²) in [5.41, 5.74) is 13.8. The molecule has 0 unspecified atom stereocenters. The predicted octanol–water partition coefficient (Wildman–Crippen LogP) is 15.9. The molecule has 266 valence electrons. The van der Waals surface area contributed by atoms with Crippen LogP contribution in [0, 0.1) is 0 Å². The lowest BCUT2D eigenvalue weighted by Crippen LogP contribution is -2.10. The zero-order chi connectivity index (χ0) is 37.6. The topological polar surface area (TPSA) is 13.1 Å². The van der Waals surface area contributed by atoms with Crippen molar-refractivity contribution in [1.82, 2.24) is 0 Å². The smallest absolute Gasteiger partial charge is 0.136 e. The highest BCUT2D eigenvalue weighted by molar-refractivity contribution is 6.28. The quantitative estimate of drug-likeness (QED) is 0.132. The number of rotatable bonds is 3. The van der Waals surface area contributed by atoms with E-state index in [1.807, 2.05) is 58.1 Å². The first-order chi connectivity index (χ1) is 26.3. The van der Waals surface area contributed by atoms with Gasteiger partial charge >= 0.3 is 0 Å². The molecule has 1 heterocycles. The van der Waals surface area contributed by atoms with Crippen LogP contribution in [0.5, 0.6) is 0 Å². The standard InChI is InChI=1S/C45H32O.C6H10.C2H6/c1-45(2,3)32-21-30-15-18-36-39(28-13-12-27-20-26-8-4-5-9-33(26)38(27)23-28)25-40(37-19-16-31(22-32)43(30)44(36)37)29-14-17-35-34-10-6-7-11-41(34)46-42(35)24-29;1-3-5-6-4-2;1-2/h4-19,21-25H,20H2,1-3H3;3-6H,1-2H3;1-2H3/b;5-3-,6-4-;. The summed E-state index contributed by atoms with van der Waals surface area (Å²) in [7, 11) is 0. The molecule has 0 amide bonds. The molecule has 0 saturated carbocycles. The van der Waals surface area contributed by atoms with Crippen LogP contribution in [0.3, 0.4) is 0 Å². The van der Waals surface area contributed by atoms with Crippen molar-refractivity contribution in [3.05, 3.63) is 168 Å². The summed E-state index contributed by atoms with van der Waals surface area (Å²) in [6.07, 6.45) is 9.00. The highest BCUT2D eigenvalue weighted by Gasteiger charge is 2.23. The van der Waals surface area contributed by atoms with Crippen LogP contribution in [0.1, 0.15) is 65.2 Å². The number of hydrogen-bond donors (Lipinski definition) is 0. The molecule has 10 rings (SSSR count). The fourth-order valence-electron chi connectivity index (χ4n) is 8.23. The SMILES string of the molecule is C/C=C\C=C/C.CC.CC(C)(C)c1cc2ccc3c(-c4ccc5c(c4)-c4ccccc4C5)cc(-c4ccc5c(c4)oc4ccccc45)c4ccc(c1)c2c34. The molecule has 0 bridgehead atoms. The minimum absolute atomic E-state index is 0.0729. The fourth-order valence-corrected chi connectivity index (χ4v) is 8.23. The maximum atomic E-state index is 6.38. The van der Waals surface area contributed by atoms with E-state index in [1.54, 1.807) is 0 Å². The van der Waals surface area contributed by atoms with Gasteiger partial charge in [-0.3, -0.25) is 0 Å². The molecule has 0 atom stereocenters. The van der Waals surface area contributed by atoms with Gasteiger partial charge in [0.05, 0.1) is 0 Å². The van der Waals surface area contributed by atoms with Crippen molar-refractivity contribution in [3.8, 4) is 33.4 Å². The Morgan fingerprint density at radius 3 is 1.74 bits per heavy atom. The molecule has 8 aromatic carbocycles. The summed E-state index contributed by atoms with van der Waals surface area (Å²) in [5.74, 6) is 0. The molecule has 1 aliphatic rings. The van der Waals surface area contributed by atoms with Crippen LogP contribution < -0.4 is 0 Å². The van der Waals surface area contributed by atoms with E-state index >= 15 is 0 Å². The molecule has 0 radical (unpaired) electrons. The summed E-state index contributed by atoms with van der Waals surface area (Å²) in [6, 6.07) is 47.6. The van der Waals surface area contributed by atoms with Crippen LogP contribution in [-0.2, 0) is 11.8 Å². The Kier molecular flexibility index (Phi) is 9.20. The third-order valence-corrected chi connectivity index (χ3v) is 10.9. The van der Waals surface area contributed by atoms with Crippen molar-refractivity contribution in [3.63, 3.8) is 0 Å². The first-order valence-electron chi connectivity index (χ1n) is 19.5. The number of fused-ring (bicyclic) bond motifs is 6.